The van der Waals surface area contributed by atoms with Crippen LogP contribution in [0.1, 0.15) is 32.1 Å². The maximum atomic E-state index is 11.3. The molecule has 0 aliphatic carbocycles. The molecule has 0 aliphatic rings. The van der Waals surface area contributed by atoms with E-state index in [-0.39, 0.29) is 12.2 Å². The van der Waals surface area contributed by atoms with E-state index in [0.29, 0.717) is 58.7 Å². The molecule has 0 aromatic heterocycles. The molecule has 0 radical (unpaired) electrons. The monoisotopic (exact) mass is 276 g/mol. The minimum Gasteiger partial charge on any atom is -0.481 e. The van der Waals surface area contributed by atoms with Crippen LogP contribution in [-0.4, -0.2) is 57.0 Å². The molecule has 0 bridgehead atoms. The van der Waals surface area contributed by atoms with Gasteiger partial charge in [0.15, 0.2) is 0 Å². The summed E-state index contributed by atoms with van der Waals surface area (Å²) in [5, 5.41) is 8.43. The number of rotatable bonds is 14. The van der Waals surface area contributed by atoms with Crippen molar-refractivity contribution in [3.8, 4) is 0 Å². The minimum absolute atomic E-state index is 0.0566. The molecular formula is C13H24O6. The van der Waals surface area contributed by atoms with Crippen LogP contribution in [0, 0.1) is 0 Å². The third-order valence-electron chi connectivity index (χ3n) is 2.39. The van der Waals surface area contributed by atoms with Gasteiger partial charge in [-0.15, -0.1) is 0 Å². The number of hydrogen-bond donors (Lipinski definition) is 1. The van der Waals surface area contributed by atoms with Crippen molar-refractivity contribution in [3.05, 3.63) is 0 Å². The van der Waals surface area contributed by atoms with Gasteiger partial charge in [-0.1, -0.05) is 0 Å². The molecule has 0 unspecified atom stereocenters. The van der Waals surface area contributed by atoms with E-state index in [1.165, 1.54) is 0 Å². The molecule has 0 aliphatic heterocycles. The highest BCUT2D eigenvalue weighted by Gasteiger charge is 2.04. The largest absolute Gasteiger partial charge is 0.481 e. The summed E-state index contributed by atoms with van der Waals surface area (Å²) in [5.74, 6) is -0.759. The molecule has 6 heteroatoms. The molecule has 1 N–H and O–H groups in total. The maximum absolute atomic E-state index is 11.3. The van der Waals surface area contributed by atoms with Crippen LogP contribution in [-0.2, 0) is 23.8 Å². The van der Waals surface area contributed by atoms with Gasteiger partial charge in [-0.05, 0) is 12.8 Å². The quantitative estimate of drug-likeness (QED) is 0.481. The zero-order chi connectivity index (χ0) is 14.3. The Bertz CT molecular complexity index is 241. The summed E-state index contributed by atoms with van der Waals surface area (Å²) in [6.45, 7) is 2.69. The summed E-state index contributed by atoms with van der Waals surface area (Å²) in [7, 11) is 1.62. The van der Waals surface area contributed by atoms with E-state index in [1.807, 2.05) is 0 Å². The lowest BCUT2D eigenvalue weighted by Crippen LogP contribution is -2.09. The molecular weight excluding hydrogens is 252 g/mol. The van der Waals surface area contributed by atoms with Gasteiger partial charge in [-0.25, -0.2) is 0 Å². The summed E-state index contributed by atoms with van der Waals surface area (Å²) in [6, 6.07) is 0. The predicted molar refractivity (Wildman–Crippen MR) is 69.2 cm³/mol. The van der Waals surface area contributed by atoms with Crippen LogP contribution < -0.4 is 0 Å². The maximum Gasteiger partial charge on any atom is 0.303 e. The standard InChI is InChI=1S/C13H24O6/c1-17-8-9-19-11-10-18-7-3-5-12(14)4-2-6-13(15)16/h2-11H2,1H3,(H,15,16). The van der Waals surface area contributed by atoms with Gasteiger partial charge in [0.25, 0.3) is 0 Å². The highest BCUT2D eigenvalue weighted by molar-refractivity contribution is 5.78. The Hall–Kier alpha value is -0.980. The molecule has 0 spiro atoms. The fraction of sp³-hybridized carbons (Fsp3) is 0.846. The number of ether oxygens (including phenoxy) is 3. The van der Waals surface area contributed by atoms with E-state index in [2.05, 4.69) is 0 Å². The van der Waals surface area contributed by atoms with Gasteiger partial charge in [-0.2, -0.15) is 0 Å². The summed E-state index contributed by atoms with van der Waals surface area (Å²) in [4.78, 5) is 21.6. The molecule has 19 heavy (non-hydrogen) atoms. The number of hydrogen-bond acceptors (Lipinski definition) is 5. The summed E-state index contributed by atoms with van der Waals surface area (Å²) in [5.41, 5.74) is 0. The first-order valence-corrected chi connectivity index (χ1v) is 6.54. The Balaban J connectivity index is 3.16. The van der Waals surface area contributed by atoms with E-state index in [1.54, 1.807) is 7.11 Å². The van der Waals surface area contributed by atoms with Crippen molar-refractivity contribution in [1.29, 1.82) is 0 Å². The number of carbonyl (C=O) groups excluding carboxylic acids is 1. The van der Waals surface area contributed by atoms with Crippen molar-refractivity contribution in [1.82, 2.24) is 0 Å². The molecule has 0 amide bonds. The first-order valence-electron chi connectivity index (χ1n) is 6.54. The van der Waals surface area contributed by atoms with Crippen molar-refractivity contribution in [2.45, 2.75) is 32.1 Å². The van der Waals surface area contributed by atoms with Crippen LogP contribution in [0.25, 0.3) is 0 Å². The van der Waals surface area contributed by atoms with Crippen LogP contribution in [0.3, 0.4) is 0 Å². The highest BCUT2D eigenvalue weighted by Crippen LogP contribution is 2.02. The van der Waals surface area contributed by atoms with Crippen molar-refractivity contribution in [3.63, 3.8) is 0 Å². The highest BCUT2D eigenvalue weighted by atomic mass is 16.5. The van der Waals surface area contributed by atoms with Crippen molar-refractivity contribution in [2.24, 2.45) is 0 Å². The van der Waals surface area contributed by atoms with Gasteiger partial charge in [0, 0.05) is 33.0 Å². The third-order valence-corrected chi connectivity index (χ3v) is 2.39. The van der Waals surface area contributed by atoms with Crippen molar-refractivity contribution < 1.29 is 28.9 Å². The predicted octanol–water partition coefficient (Wildman–Crippen LogP) is 1.27. The number of methoxy groups -OCH3 is 1. The fourth-order valence-corrected chi connectivity index (χ4v) is 1.40. The third kappa shape index (κ3) is 15.0. The second-order valence-corrected chi connectivity index (χ2v) is 4.11. The minimum atomic E-state index is -0.857. The zero-order valence-corrected chi connectivity index (χ0v) is 11.6. The van der Waals surface area contributed by atoms with Gasteiger partial charge < -0.3 is 19.3 Å². The average molecular weight is 276 g/mol. The number of carboxylic acid groups (broad SMARTS) is 1. The van der Waals surface area contributed by atoms with E-state index >= 15 is 0 Å². The summed E-state index contributed by atoms with van der Waals surface area (Å²) in [6.07, 6.45) is 1.93. The molecule has 0 saturated heterocycles. The van der Waals surface area contributed by atoms with Gasteiger partial charge >= 0.3 is 5.97 Å². The van der Waals surface area contributed by atoms with Gasteiger partial charge in [0.1, 0.15) is 5.78 Å². The first-order chi connectivity index (χ1) is 9.16. The molecule has 6 nitrogen and oxygen atoms in total. The lowest BCUT2D eigenvalue weighted by molar-refractivity contribution is -0.137. The lowest BCUT2D eigenvalue weighted by Gasteiger charge is -2.05. The van der Waals surface area contributed by atoms with Gasteiger partial charge in [0.05, 0.1) is 26.4 Å². The molecule has 0 aromatic rings. The molecule has 112 valence electrons. The van der Waals surface area contributed by atoms with Crippen LogP contribution in [0.5, 0.6) is 0 Å². The SMILES string of the molecule is COCCOCCOCCCC(=O)CCCC(=O)O. The number of carboxylic acids is 1. The topological polar surface area (TPSA) is 82.1 Å². The van der Waals surface area contributed by atoms with E-state index < -0.39 is 5.97 Å². The van der Waals surface area contributed by atoms with Crippen molar-refractivity contribution in [2.75, 3.05) is 40.1 Å². The molecule has 0 heterocycles. The van der Waals surface area contributed by atoms with Gasteiger partial charge in [-0.3, -0.25) is 9.59 Å². The number of ketones is 1. The summed E-state index contributed by atoms with van der Waals surface area (Å²) >= 11 is 0. The first kappa shape index (κ1) is 18.0. The Morgan fingerprint density at radius 3 is 2.05 bits per heavy atom. The second-order valence-electron chi connectivity index (χ2n) is 4.11. The Kier molecular flexibility index (Phi) is 12.8. The lowest BCUT2D eigenvalue weighted by atomic mass is 10.1. The number of carbonyl (C=O) groups is 2. The molecule has 0 fully saturated rings. The average Bonchev–Trinajstić information content (AvgIpc) is 2.36. The van der Waals surface area contributed by atoms with E-state index in [4.69, 9.17) is 19.3 Å². The second kappa shape index (κ2) is 13.5. The van der Waals surface area contributed by atoms with Crippen LogP contribution in [0.15, 0.2) is 0 Å². The van der Waals surface area contributed by atoms with Crippen LogP contribution in [0.4, 0.5) is 0 Å². The van der Waals surface area contributed by atoms with Crippen molar-refractivity contribution >= 4 is 11.8 Å². The molecule has 0 saturated carbocycles. The van der Waals surface area contributed by atoms with Crippen LogP contribution >= 0.6 is 0 Å². The number of Topliss-reactive ketones (excluding diaryl/α,β-unsaturated/α-hetero) is 1. The smallest absolute Gasteiger partial charge is 0.303 e. The Morgan fingerprint density at radius 1 is 0.842 bits per heavy atom. The van der Waals surface area contributed by atoms with E-state index in [0.717, 1.165) is 0 Å². The fourth-order valence-electron chi connectivity index (χ4n) is 1.40. The zero-order valence-electron chi connectivity index (χ0n) is 11.6. The normalized spacial score (nSPS) is 10.6. The Morgan fingerprint density at radius 2 is 1.42 bits per heavy atom. The Labute approximate surface area is 114 Å². The summed E-state index contributed by atoms with van der Waals surface area (Å²) < 4.78 is 15.3. The molecule has 0 rings (SSSR count). The van der Waals surface area contributed by atoms with Crippen LogP contribution in [0.2, 0.25) is 0 Å². The van der Waals surface area contributed by atoms with Gasteiger partial charge in [0.2, 0.25) is 0 Å². The molecule has 0 atom stereocenters. The number of aliphatic carboxylic acids is 1. The van der Waals surface area contributed by atoms with E-state index in [9.17, 15) is 9.59 Å². The molecule has 0 aromatic carbocycles.